The van der Waals surface area contributed by atoms with E-state index in [1.807, 2.05) is 12.1 Å². The molecule has 0 N–H and O–H groups in total. The van der Waals surface area contributed by atoms with E-state index in [-0.39, 0.29) is 0 Å². The van der Waals surface area contributed by atoms with Gasteiger partial charge in [0.05, 0.1) is 11.4 Å². The molecule has 0 spiro atoms. The minimum absolute atomic E-state index is 0.453. The summed E-state index contributed by atoms with van der Waals surface area (Å²) in [5, 5.41) is 1.17. The van der Waals surface area contributed by atoms with Crippen LogP contribution < -0.4 is 4.90 Å². The lowest BCUT2D eigenvalue weighted by atomic mass is 9.82. The van der Waals surface area contributed by atoms with Crippen LogP contribution in [0.4, 0.5) is 5.82 Å². The van der Waals surface area contributed by atoms with E-state index in [0.29, 0.717) is 11.3 Å². The third kappa shape index (κ3) is 2.62. The number of alkyl halides is 1. The number of benzene rings is 1. The van der Waals surface area contributed by atoms with E-state index in [2.05, 4.69) is 36.9 Å². The highest BCUT2D eigenvalue weighted by molar-refractivity contribution is 6.17. The molecule has 0 unspecified atom stereocenters. The standard InChI is InChI=1S/C17H21ClN2/c1-17(2)7-9-20(10-8-17)16-14(12-18)11-13-5-3-4-6-15(13)19-16/h3-6,11H,7-10,12H2,1-2H3. The SMILES string of the molecule is CC1(C)CCN(c2nc3ccccc3cc2CCl)CC1. The first kappa shape index (κ1) is 13.7. The third-order valence-electron chi connectivity index (χ3n) is 4.34. The van der Waals surface area contributed by atoms with Gasteiger partial charge in [-0.15, -0.1) is 11.6 Å². The number of fused-ring (bicyclic) bond motifs is 1. The Balaban J connectivity index is 1.98. The largest absolute Gasteiger partial charge is 0.356 e. The van der Waals surface area contributed by atoms with Crippen molar-refractivity contribution in [1.82, 2.24) is 4.98 Å². The summed E-state index contributed by atoms with van der Waals surface area (Å²) in [5.41, 5.74) is 2.65. The molecule has 1 saturated heterocycles. The van der Waals surface area contributed by atoms with E-state index >= 15 is 0 Å². The Hall–Kier alpha value is -1.28. The van der Waals surface area contributed by atoms with E-state index in [9.17, 15) is 0 Å². The number of pyridine rings is 1. The molecule has 1 fully saturated rings. The van der Waals surface area contributed by atoms with Crippen molar-refractivity contribution < 1.29 is 0 Å². The molecule has 0 radical (unpaired) electrons. The number of nitrogens with zero attached hydrogens (tertiary/aromatic N) is 2. The van der Waals surface area contributed by atoms with Crippen molar-refractivity contribution in [1.29, 1.82) is 0 Å². The minimum Gasteiger partial charge on any atom is -0.356 e. The Morgan fingerprint density at radius 3 is 2.60 bits per heavy atom. The molecule has 0 bridgehead atoms. The zero-order valence-corrected chi connectivity index (χ0v) is 13.0. The second-order valence-corrected chi connectivity index (χ2v) is 6.72. The molecule has 2 nitrogen and oxygen atoms in total. The van der Waals surface area contributed by atoms with Gasteiger partial charge in [0.15, 0.2) is 0 Å². The Morgan fingerprint density at radius 2 is 1.90 bits per heavy atom. The smallest absolute Gasteiger partial charge is 0.133 e. The fourth-order valence-electron chi connectivity index (χ4n) is 2.85. The van der Waals surface area contributed by atoms with Gasteiger partial charge < -0.3 is 4.90 Å². The quantitative estimate of drug-likeness (QED) is 0.751. The van der Waals surface area contributed by atoms with Crippen LogP contribution in [-0.2, 0) is 5.88 Å². The lowest BCUT2D eigenvalue weighted by molar-refractivity contribution is 0.279. The van der Waals surface area contributed by atoms with Gasteiger partial charge in [0.1, 0.15) is 5.82 Å². The molecule has 3 heteroatoms. The van der Waals surface area contributed by atoms with Crippen molar-refractivity contribution >= 4 is 28.3 Å². The summed E-state index contributed by atoms with van der Waals surface area (Å²) in [4.78, 5) is 7.26. The van der Waals surface area contributed by atoms with Crippen molar-refractivity contribution in [3.8, 4) is 0 Å². The molecule has 0 atom stereocenters. The number of rotatable bonds is 2. The Labute approximate surface area is 125 Å². The monoisotopic (exact) mass is 288 g/mol. The molecule has 1 aliphatic rings. The first-order valence-corrected chi connectivity index (χ1v) is 7.82. The molecule has 0 aliphatic carbocycles. The fraction of sp³-hybridized carbons (Fsp3) is 0.471. The van der Waals surface area contributed by atoms with E-state index in [1.165, 1.54) is 18.2 Å². The molecule has 0 saturated carbocycles. The second-order valence-electron chi connectivity index (χ2n) is 6.45. The van der Waals surface area contributed by atoms with Crippen molar-refractivity contribution in [2.75, 3.05) is 18.0 Å². The maximum atomic E-state index is 6.14. The number of para-hydroxylation sites is 1. The van der Waals surface area contributed by atoms with Crippen LogP contribution in [0.15, 0.2) is 30.3 Å². The summed E-state index contributed by atoms with van der Waals surface area (Å²) in [5.74, 6) is 1.60. The van der Waals surface area contributed by atoms with Crippen LogP contribution in [0.5, 0.6) is 0 Å². The zero-order valence-electron chi connectivity index (χ0n) is 12.2. The van der Waals surface area contributed by atoms with Gasteiger partial charge in [0.2, 0.25) is 0 Å². The summed E-state index contributed by atoms with van der Waals surface area (Å²) in [6.45, 7) is 6.84. The first-order chi connectivity index (χ1) is 9.59. The van der Waals surface area contributed by atoms with Gasteiger partial charge >= 0.3 is 0 Å². The van der Waals surface area contributed by atoms with Gasteiger partial charge in [0, 0.05) is 24.0 Å². The predicted octanol–water partition coefficient (Wildman–Crippen LogP) is 4.60. The Morgan fingerprint density at radius 1 is 1.20 bits per heavy atom. The summed E-state index contributed by atoms with van der Waals surface area (Å²) in [7, 11) is 0. The number of hydrogen-bond acceptors (Lipinski definition) is 2. The lowest BCUT2D eigenvalue weighted by Gasteiger charge is -2.38. The Kier molecular flexibility index (Phi) is 3.59. The molecule has 0 amide bonds. The molecule has 3 rings (SSSR count). The van der Waals surface area contributed by atoms with Crippen molar-refractivity contribution in [3.63, 3.8) is 0 Å². The molecule has 2 heterocycles. The number of aromatic nitrogens is 1. The fourth-order valence-corrected chi connectivity index (χ4v) is 3.04. The van der Waals surface area contributed by atoms with Crippen LogP contribution in [0.25, 0.3) is 10.9 Å². The molecule has 2 aromatic rings. The average Bonchev–Trinajstić information content (AvgIpc) is 2.46. The van der Waals surface area contributed by atoms with Gasteiger partial charge in [-0.25, -0.2) is 4.98 Å². The topological polar surface area (TPSA) is 16.1 Å². The lowest BCUT2D eigenvalue weighted by Crippen LogP contribution is -2.38. The number of hydrogen-bond donors (Lipinski definition) is 0. The highest BCUT2D eigenvalue weighted by atomic mass is 35.5. The third-order valence-corrected chi connectivity index (χ3v) is 4.63. The molecular weight excluding hydrogens is 268 g/mol. The van der Waals surface area contributed by atoms with Crippen LogP contribution in [0.3, 0.4) is 0 Å². The number of piperidine rings is 1. The van der Waals surface area contributed by atoms with E-state index in [4.69, 9.17) is 16.6 Å². The molecule has 1 aromatic heterocycles. The van der Waals surface area contributed by atoms with Gasteiger partial charge in [-0.1, -0.05) is 32.0 Å². The highest BCUT2D eigenvalue weighted by Crippen LogP contribution is 2.34. The van der Waals surface area contributed by atoms with Crippen LogP contribution in [0, 0.1) is 5.41 Å². The molecular formula is C17H21ClN2. The van der Waals surface area contributed by atoms with Gasteiger partial charge in [-0.05, 0) is 30.4 Å². The first-order valence-electron chi connectivity index (χ1n) is 7.29. The van der Waals surface area contributed by atoms with Gasteiger partial charge in [0.25, 0.3) is 0 Å². The number of halogens is 1. The van der Waals surface area contributed by atoms with Crippen LogP contribution in [0.2, 0.25) is 0 Å². The second kappa shape index (κ2) is 5.25. The van der Waals surface area contributed by atoms with E-state index < -0.39 is 0 Å². The molecule has 1 aliphatic heterocycles. The van der Waals surface area contributed by atoms with Crippen LogP contribution in [-0.4, -0.2) is 18.1 Å². The Bertz CT molecular complexity index is 611. The summed E-state index contributed by atoms with van der Waals surface area (Å²) < 4.78 is 0. The van der Waals surface area contributed by atoms with Crippen LogP contribution >= 0.6 is 11.6 Å². The van der Waals surface area contributed by atoms with Crippen molar-refractivity contribution in [2.24, 2.45) is 5.41 Å². The molecule has 20 heavy (non-hydrogen) atoms. The maximum Gasteiger partial charge on any atom is 0.133 e. The summed E-state index contributed by atoms with van der Waals surface area (Å²) >= 11 is 6.14. The van der Waals surface area contributed by atoms with E-state index in [0.717, 1.165) is 30.0 Å². The number of anilines is 1. The molecule has 106 valence electrons. The zero-order chi connectivity index (χ0) is 14.2. The summed E-state index contributed by atoms with van der Waals surface area (Å²) in [6, 6.07) is 10.4. The normalized spacial score (nSPS) is 18.4. The van der Waals surface area contributed by atoms with Gasteiger partial charge in [-0.2, -0.15) is 0 Å². The van der Waals surface area contributed by atoms with Crippen LogP contribution in [0.1, 0.15) is 32.3 Å². The van der Waals surface area contributed by atoms with Crippen molar-refractivity contribution in [2.45, 2.75) is 32.6 Å². The molecule has 1 aromatic carbocycles. The minimum atomic E-state index is 0.453. The van der Waals surface area contributed by atoms with E-state index in [1.54, 1.807) is 0 Å². The van der Waals surface area contributed by atoms with Gasteiger partial charge in [-0.3, -0.25) is 0 Å². The predicted molar refractivity (Wildman–Crippen MR) is 86.5 cm³/mol. The highest BCUT2D eigenvalue weighted by Gasteiger charge is 2.27. The summed E-state index contributed by atoms with van der Waals surface area (Å²) in [6.07, 6.45) is 2.42. The average molecular weight is 289 g/mol. The maximum absolute atomic E-state index is 6.14. The van der Waals surface area contributed by atoms with Crippen molar-refractivity contribution in [3.05, 3.63) is 35.9 Å².